The first-order chi connectivity index (χ1) is 7.49. The molecule has 1 N–H and O–H groups in total. The molecule has 0 aliphatic carbocycles. The maximum atomic E-state index is 11.5. The molecule has 1 atom stereocenters. The lowest BCUT2D eigenvalue weighted by molar-refractivity contribution is -0.117. The van der Waals surface area contributed by atoms with E-state index in [1.807, 2.05) is 0 Å². The number of carbonyl (C=O) groups excluding carboxylic acids is 1. The molecule has 16 heavy (non-hydrogen) atoms. The van der Waals surface area contributed by atoms with Gasteiger partial charge in [0.2, 0.25) is 5.91 Å². The second kappa shape index (κ2) is 4.03. The van der Waals surface area contributed by atoms with E-state index in [0.29, 0.717) is 17.4 Å². The van der Waals surface area contributed by atoms with Crippen molar-refractivity contribution in [2.24, 2.45) is 0 Å². The number of carboxylic acids is 1. The van der Waals surface area contributed by atoms with Crippen LogP contribution in [0, 0.1) is 6.92 Å². The quantitative estimate of drug-likeness (QED) is 0.818. The predicted octanol–water partition coefficient (Wildman–Crippen LogP) is 1.49. The number of rotatable bonds is 2. The van der Waals surface area contributed by atoms with E-state index in [0.717, 1.165) is 11.3 Å². The smallest absolute Gasteiger partial charge is 0.347 e. The number of alkyl halides is 1. The first-order valence-electron chi connectivity index (χ1n) is 4.64. The molecule has 1 unspecified atom stereocenters. The Morgan fingerprint density at radius 3 is 2.81 bits per heavy atom. The van der Waals surface area contributed by atoms with Crippen molar-refractivity contribution in [3.63, 3.8) is 0 Å². The van der Waals surface area contributed by atoms with Gasteiger partial charge in [-0.3, -0.25) is 9.69 Å². The van der Waals surface area contributed by atoms with Crippen LogP contribution in [-0.4, -0.2) is 33.9 Å². The molecule has 5 nitrogen and oxygen atoms in total. The van der Waals surface area contributed by atoms with Crippen LogP contribution in [0.3, 0.4) is 0 Å². The number of aryl methyl sites for hydroxylation is 1. The molecule has 7 heteroatoms. The summed E-state index contributed by atoms with van der Waals surface area (Å²) < 4.78 is 0. The molecule has 1 aliphatic heterocycles. The Balaban J connectivity index is 2.31. The molecule has 0 radical (unpaired) electrons. The predicted molar refractivity (Wildman–Crippen MR) is 60.4 cm³/mol. The summed E-state index contributed by atoms with van der Waals surface area (Å²) >= 11 is 6.87. The first-order valence-corrected chi connectivity index (χ1v) is 5.89. The summed E-state index contributed by atoms with van der Waals surface area (Å²) in [6, 6.07) is 0. The minimum absolute atomic E-state index is 0.106. The van der Waals surface area contributed by atoms with Crippen LogP contribution in [0.4, 0.5) is 5.13 Å². The summed E-state index contributed by atoms with van der Waals surface area (Å²) in [6.07, 6.45) is 0.280. The monoisotopic (exact) mass is 260 g/mol. The van der Waals surface area contributed by atoms with E-state index >= 15 is 0 Å². The van der Waals surface area contributed by atoms with E-state index in [4.69, 9.17) is 16.7 Å². The van der Waals surface area contributed by atoms with E-state index in [9.17, 15) is 9.59 Å². The van der Waals surface area contributed by atoms with Gasteiger partial charge in [0.25, 0.3) is 0 Å². The third kappa shape index (κ3) is 1.90. The van der Waals surface area contributed by atoms with Crippen molar-refractivity contribution in [1.29, 1.82) is 0 Å². The van der Waals surface area contributed by atoms with Crippen LogP contribution >= 0.6 is 22.9 Å². The molecule has 2 heterocycles. The Morgan fingerprint density at radius 2 is 2.38 bits per heavy atom. The normalized spacial score (nSPS) is 20.5. The zero-order valence-electron chi connectivity index (χ0n) is 8.44. The van der Waals surface area contributed by atoms with E-state index in [2.05, 4.69) is 4.98 Å². The van der Waals surface area contributed by atoms with E-state index in [1.165, 1.54) is 4.90 Å². The minimum atomic E-state index is -1.02. The average Bonchev–Trinajstić information content (AvgIpc) is 2.69. The van der Waals surface area contributed by atoms with Crippen molar-refractivity contribution in [3.05, 3.63) is 10.6 Å². The molecule has 1 aromatic rings. The molecular formula is C9H9ClN2O3S. The van der Waals surface area contributed by atoms with Crippen LogP contribution in [0.2, 0.25) is 0 Å². The highest BCUT2D eigenvalue weighted by atomic mass is 35.5. The molecule has 86 valence electrons. The highest BCUT2D eigenvalue weighted by molar-refractivity contribution is 7.17. The molecule has 0 bridgehead atoms. The molecule has 1 saturated heterocycles. The van der Waals surface area contributed by atoms with E-state index in [-0.39, 0.29) is 22.6 Å². The highest BCUT2D eigenvalue weighted by Crippen LogP contribution is 2.30. The lowest BCUT2D eigenvalue weighted by Gasteiger charge is -2.10. The van der Waals surface area contributed by atoms with Gasteiger partial charge < -0.3 is 5.11 Å². The fourth-order valence-corrected chi connectivity index (χ4v) is 2.75. The summed E-state index contributed by atoms with van der Waals surface area (Å²) in [5, 5.41) is 9.08. The number of aromatic carboxylic acids is 1. The van der Waals surface area contributed by atoms with Gasteiger partial charge in [0.1, 0.15) is 4.88 Å². The number of thiazole rings is 1. The zero-order chi connectivity index (χ0) is 11.9. The Kier molecular flexibility index (Phi) is 2.86. The maximum absolute atomic E-state index is 11.5. The number of carbonyl (C=O) groups is 2. The van der Waals surface area contributed by atoms with Crippen molar-refractivity contribution in [2.45, 2.75) is 18.7 Å². The maximum Gasteiger partial charge on any atom is 0.347 e. The van der Waals surface area contributed by atoms with Gasteiger partial charge in [-0.05, 0) is 6.92 Å². The van der Waals surface area contributed by atoms with Gasteiger partial charge in [-0.2, -0.15) is 0 Å². The largest absolute Gasteiger partial charge is 0.477 e. The van der Waals surface area contributed by atoms with E-state index in [1.54, 1.807) is 6.92 Å². The Bertz CT molecular complexity index is 460. The summed E-state index contributed by atoms with van der Waals surface area (Å²) in [7, 11) is 0. The van der Waals surface area contributed by atoms with Crippen LogP contribution in [-0.2, 0) is 4.79 Å². The fraction of sp³-hybridized carbons (Fsp3) is 0.444. The molecular weight excluding hydrogens is 252 g/mol. The molecule has 2 rings (SSSR count). The zero-order valence-corrected chi connectivity index (χ0v) is 10.0. The fourth-order valence-electron chi connectivity index (χ4n) is 1.54. The average molecular weight is 261 g/mol. The SMILES string of the molecule is Cc1nc(N2CC(Cl)CC2=O)sc1C(=O)O. The van der Waals surface area contributed by atoms with Crippen LogP contribution in [0.5, 0.6) is 0 Å². The van der Waals surface area contributed by atoms with Gasteiger partial charge in [-0.1, -0.05) is 11.3 Å². The minimum Gasteiger partial charge on any atom is -0.477 e. The van der Waals surface area contributed by atoms with Crippen molar-refractivity contribution in [3.8, 4) is 0 Å². The standard InChI is InChI=1S/C9H9ClN2O3S/c1-4-7(8(14)15)16-9(11-4)12-3-5(10)2-6(12)13/h5H,2-3H2,1H3,(H,14,15). The highest BCUT2D eigenvalue weighted by Gasteiger charge is 2.32. The van der Waals surface area contributed by atoms with Gasteiger partial charge in [0, 0.05) is 13.0 Å². The molecule has 0 aromatic carbocycles. The van der Waals surface area contributed by atoms with Crippen LogP contribution in [0.1, 0.15) is 21.8 Å². The second-order valence-electron chi connectivity index (χ2n) is 3.52. The van der Waals surface area contributed by atoms with Gasteiger partial charge in [0.15, 0.2) is 5.13 Å². The van der Waals surface area contributed by atoms with Gasteiger partial charge in [-0.15, -0.1) is 11.6 Å². The molecule has 1 amide bonds. The lowest BCUT2D eigenvalue weighted by atomic mass is 10.4. The molecule has 0 saturated carbocycles. The van der Waals surface area contributed by atoms with Gasteiger partial charge in [0.05, 0.1) is 11.1 Å². The Labute approximate surface area is 101 Å². The molecule has 1 aromatic heterocycles. The number of nitrogens with zero attached hydrogens (tertiary/aromatic N) is 2. The summed E-state index contributed by atoms with van der Waals surface area (Å²) in [6.45, 7) is 2.01. The lowest BCUT2D eigenvalue weighted by Crippen LogP contribution is -2.24. The summed E-state index contributed by atoms with van der Waals surface area (Å²) in [5.74, 6) is -1.12. The van der Waals surface area contributed by atoms with Crippen LogP contribution in [0.25, 0.3) is 0 Å². The van der Waals surface area contributed by atoms with Gasteiger partial charge in [-0.25, -0.2) is 9.78 Å². The topological polar surface area (TPSA) is 70.5 Å². The number of aromatic nitrogens is 1. The Hall–Kier alpha value is -1.14. The third-order valence-electron chi connectivity index (χ3n) is 2.29. The van der Waals surface area contributed by atoms with Crippen molar-refractivity contribution in [1.82, 2.24) is 4.98 Å². The van der Waals surface area contributed by atoms with Crippen LogP contribution < -0.4 is 4.90 Å². The first kappa shape index (κ1) is 11.3. The molecule has 1 fully saturated rings. The number of halogens is 1. The molecule has 0 spiro atoms. The van der Waals surface area contributed by atoms with Crippen molar-refractivity contribution >= 4 is 39.9 Å². The van der Waals surface area contributed by atoms with E-state index < -0.39 is 5.97 Å². The number of hydrogen-bond acceptors (Lipinski definition) is 4. The number of carboxylic acid groups (broad SMARTS) is 1. The van der Waals surface area contributed by atoms with Crippen LogP contribution in [0.15, 0.2) is 0 Å². The third-order valence-corrected chi connectivity index (χ3v) is 3.75. The number of anilines is 1. The summed E-state index contributed by atoms with van der Waals surface area (Å²) in [4.78, 5) is 28.1. The second-order valence-corrected chi connectivity index (χ2v) is 5.12. The van der Waals surface area contributed by atoms with Crippen molar-refractivity contribution < 1.29 is 14.7 Å². The van der Waals surface area contributed by atoms with Gasteiger partial charge >= 0.3 is 5.97 Å². The summed E-state index contributed by atoms with van der Waals surface area (Å²) in [5.41, 5.74) is 0.429. The Morgan fingerprint density at radius 1 is 1.69 bits per heavy atom. The van der Waals surface area contributed by atoms with Crippen molar-refractivity contribution in [2.75, 3.05) is 11.4 Å². The molecule has 1 aliphatic rings. The number of hydrogen-bond donors (Lipinski definition) is 1. The number of amides is 1.